The monoisotopic (exact) mass is 277 g/mol. The van der Waals surface area contributed by atoms with Crippen molar-refractivity contribution in [2.75, 3.05) is 0 Å². The lowest BCUT2D eigenvalue weighted by Gasteiger charge is -2.11. The highest BCUT2D eigenvalue weighted by molar-refractivity contribution is 6.30. The molecule has 98 valence electrons. The third-order valence-corrected chi connectivity index (χ3v) is 3.03. The number of hydrogen-bond acceptors (Lipinski definition) is 3. The van der Waals surface area contributed by atoms with E-state index in [1.807, 2.05) is 6.07 Å². The summed E-state index contributed by atoms with van der Waals surface area (Å²) in [5.74, 6) is -1.28. The van der Waals surface area contributed by atoms with E-state index in [1.54, 1.807) is 18.2 Å². The molecule has 0 saturated carbocycles. The topological polar surface area (TPSA) is 78.2 Å². The van der Waals surface area contributed by atoms with Gasteiger partial charge in [-0.25, -0.2) is 4.79 Å². The number of halogens is 1. The molecule has 1 aromatic rings. The number of carbonyl (C=O) groups excluding carboxylic acids is 1. The zero-order valence-electron chi connectivity index (χ0n) is 10.3. The van der Waals surface area contributed by atoms with E-state index in [0.29, 0.717) is 16.7 Å². The lowest BCUT2D eigenvalue weighted by atomic mass is 9.97. The van der Waals surface area contributed by atoms with E-state index in [4.69, 9.17) is 22.0 Å². The maximum atomic E-state index is 11.4. The number of benzene rings is 1. The SMILES string of the molecule is CC(=O)C(Cl)c1cc(/C=C/C(=O)O)ccc1CC#N. The maximum Gasteiger partial charge on any atom is 0.328 e. The molecule has 0 saturated heterocycles. The number of hydrogen-bond donors (Lipinski definition) is 1. The van der Waals surface area contributed by atoms with Gasteiger partial charge in [-0.1, -0.05) is 12.1 Å². The summed E-state index contributed by atoms with van der Waals surface area (Å²) in [6.07, 6.45) is 2.56. The Bertz CT molecular complexity index is 573. The standard InChI is InChI=1S/C14H12ClNO3/c1-9(17)14(15)12-8-10(3-5-13(18)19)2-4-11(12)6-7-16/h2-5,8,14H,6H2,1H3,(H,18,19)/b5-3+. The van der Waals surface area contributed by atoms with Crippen molar-refractivity contribution < 1.29 is 14.7 Å². The molecule has 0 spiro atoms. The average Bonchev–Trinajstić information content (AvgIpc) is 2.36. The number of carboxylic acid groups (broad SMARTS) is 1. The molecule has 0 aliphatic heterocycles. The van der Waals surface area contributed by atoms with Gasteiger partial charge in [0.2, 0.25) is 0 Å². The van der Waals surface area contributed by atoms with Crippen LogP contribution in [0.2, 0.25) is 0 Å². The van der Waals surface area contributed by atoms with Crippen molar-refractivity contribution in [1.29, 1.82) is 5.26 Å². The molecule has 1 aromatic carbocycles. The molecule has 0 aliphatic carbocycles. The van der Waals surface area contributed by atoms with Crippen LogP contribution in [0.5, 0.6) is 0 Å². The molecule has 0 aliphatic rings. The van der Waals surface area contributed by atoms with Gasteiger partial charge in [-0.15, -0.1) is 11.6 Å². The Morgan fingerprint density at radius 1 is 1.53 bits per heavy atom. The van der Waals surface area contributed by atoms with Crippen molar-refractivity contribution >= 4 is 29.4 Å². The number of nitrogens with zero attached hydrogens (tertiary/aromatic N) is 1. The molecule has 1 N–H and O–H groups in total. The number of aliphatic carboxylic acids is 1. The first kappa shape index (κ1) is 14.9. The number of alkyl halides is 1. The van der Waals surface area contributed by atoms with Crippen LogP contribution in [0, 0.1) is 11.3 Å². The van der Waals surface area contributed by atoms with E-state index in [-0.39, 0.29) is 12.2 Å². The minimum atomic E-state index is -1.06. The Hall–Kier alpha value is -2.12. The summed E-state index contributed by atoms with van der Waals surface area (Å²) in [4.78, 5) is 21.8. The highest BCUT2D eigenvalue weighted by Gasteiger charge is 2.17. The summed E-state index contributed by atoms with van der Waals surface area (Å²) in [6.45, 7) is 1.37. The van der Waals surface area contributed by atoms with Gasteiger partial charge in [0, 0.05) is 6.08 Å². The molecule has 0 amide bonds. The van der Waals surface area contributed by atoms with Gasteiger partial charge in [-0.2, -0.15) is 5.26 Å². The summed E-state index contributed by atoms with van der Waals surface area (Å²) < 4.78 is 0. The first-order valence-corrected chi connectivity index (χ1v) is 5.94. The zero-order chi connectivity index (χ0) is 14.4. The second kappa shape index (κ2) is 6.72. The van der Waals surface area contributed by atoms with E-state index >= 15 is 0 Å². The summed E-state index contributed by atoms with van der Waals surface area (Å²) in [6, 6.07) is 6.99. The highest BCUT2D eigenvalue weighted by atomic mass is 35.5. The van der Waals surface area contributed by atoms with Crippen LogP contribution >= 0.6 is 11.6 Å². The quantitative estimate of drug-likeness (QED) is 0.663. The van der Waals surface area contributed by atoms with Gasteiger partial charge in [-0.3, -0.25) is 4.79 Å². The smallest absolute Gasteiger partial charge is 0.328 e. The molecular weight excluding hydrogens is 266 g/mol. The van der Waals surface area contributed by atoms with Crippen molar-refractivity contribution in [3.8, 4) is 6.07 Å². The van der Waals surface area contributed by atoms with E-state index in [2.05, 4.69) is 0 Å². The number of nitriles is 1. The van der Waals surface area contributed by atoms with Crippen LogP contribution in [0.25, 0.3) is 6.08 Å². The maximum absolute atomic E-state index is 11.4. The van der Waals surface area contributed by atoms with Crippen molar-refractivity contribution in [1.82, 2.24) is 0 Å². The molecule has 4 nitrogen and oxygen atoms in total. The molecule has 0 heterocycles. The van der Waals surface area contributed by atoms with Gasteiger partial charge in [0.1, 0.15) is 5.38 Å². The molecular formula is C14H12ClNO3. The fourth-order valence-electron chi connectivity index (χ4n) is 1.59. The van der Waals surface area contributed by atoms with E-state index < -0.39 is 11.3 Å². The van der Waals surface area contributed by atoms with E-state index in [0.717, 1.165) is 6.08 Å². The normalized spacial score (nSPS) is 12.1. The van der Waals surface area contributed by atoms with Crippen LogP contribution in [-0.2, 0) is 16.0 Å². The zero-order valence-corrected chi connectivity index (χ0v) is 11.0. The number of carboxylic acids is 1. The summed E-state index contributed by atoms with van der Waals surface area (Å²) in [5.41, 5.74) is 1.83. The summed E-state index contributed by atoms with van der Waals surface area (Å²) in [5, 5.41) is 16.5. The Labute approximate surface area is 115 Å². The molecule has 1 atom stereocenters. The van der Waals surface area contributed by atoms with Crippen molar-refractivity contribution in [3.63, 3.8) is 0 Å². The molecule has 0 aromatic heterocycles. The van der Waals surface area contributed by atoms with Crippen molar-refractivity contribution in [2.24, 2.45) is 0 Å². The first-order valence-electron chi connectivity index (χ1n) is 5.51. The van der Waals surface area contributed by atoms with Gasteiger partial charge >= 0.3 is 5.97 Å². The van der Waals surface area contributed by atoms with Crippen LogP contribution < -0.4 is 0 Å². The lowest BCUT2D eigenvalue weighted by molar-refractivity contribution is -0.131. The van der Waals surface area contributed by atoms with Crippen LogP contribution in [0.4, 0.5) is 0 Å². The predicted octanol–water partition coefficient (Wildman–Crippen LogP) is 2.72. The Morgan fingerprint density at radius 2 is 2.21 bits per heavy atom. The molecule has 5 heteroatoms. The van der Waals surface area contributed by atoms with Gasteiger partial charge in [0.05, 0.1) is 12.5 Å². The summed E-state index contributed by atoms with van der Waals surface area (Å²) in [7, 11) is 0. The molecule has 0 fully saturated rings. The largest absolute Gasteiger partial charge is 0.478 e. The number of ketones is 1. The predicted molar refractivity (Wildman–Crippen MR) is 71.7 cm³/mol. The van der Waals surface area contributed by atoms with Crippen molar-refractivity contribution in [2.45, 2.75) is 18.7 Å². The fraction of sp³-hybridized carbons (Fsp3) is 0.214. The molecule has 19 heavy (non-hydrogen) atoms. The van der Waals surface area contributed by atoms with Gasteiger partial charge in [-0.05, 0) is 35.8 Å². The Kier molecular flexibility index (Phi) is 5.28. The molecule has 1 unspecified atom stereocenters. The second-order valence-electron chi connectivity index (χ2n) is 3.94. The van der Waals surface area contributed by atoms with Gasteiger partial charge < -0.3 is 5.11 Å². The van der Waals surface area contributed by atoms with Gasteiger partial charge in [0.15, 0.2) is 5.78 Å². The first-order chi connectivity index (χ1) is 8.95. The highest BCUT2D eigenvalue weighted by Crippen LogP contribution is 2.27. The van der Waals surface area contributed by atoms with Crippen LogP contribution in [0.3, 0.4) is 0 Å². The number of rotatable bonds is 5. The third-order valence-electron chi connectivity index (χ3n) is 2.49. The van der Waals surface area contributed by atoms with E-state index in [9.17, 15) is 9.59 Å². The minimum Gasteiger partial charge on any atom is -0.478 e. The van der Waals surface area contributed by atoms with Crippen LogP contribution in [-0.4, -0.2) is 16.9 Å². The van der Waals surface area contributed by atoms with Crippen LogP contribution in [0.15, 0.2) is 24.3 Å². The van der Waals surface area contributed by atoms with Crippen LogP contribution in [0.1, 0.15) is 29.0 Å². The molecule has 0 bridgehead atoms. The average molecular weight is 278 g/mol. The molecule has 0 radical (unpaired) electrons. The number of Topliss-reactive ketones (excluding diaryl/α,β-unsaturated/α-hetero) is 1. The minimum absolute atomic E-state index is 0.148. The Morgan fingerprint density at radius 3 is 2.74 bits per heavy atom. The lowest BCUT2D eigenvalue weighted by Crippen LogP contribution is -2.05. The third kappa shape index (κ3) is 4.23. The molecule has 1 rings (SSSR count). The van der Waals surface area contributed by atoms with Crippen molar-refractivity contribution in [3.05, 3.63) is 41.0 Å². The van der Waals surface area contributed by atoms with Gasteiger partial charge in [0.25, 0.3) is 0 Å². The number of carbonyl (C=O) groups is 2. The van der Waals surface area contributed by atoms with E-state index in [1.165, 1.54) is 13.0 Å². The summed E-state index contributed by atoms with van der Waals surface area (Å²) >= 11 is 6.02. The second-order valence-corrected chi connectivity index (χ2v) is 4.37. The fourth-order valence-corrected chi connectivity index (χ4v) is 1.79. The Balaban J connectivity index is 3.22.